The first-order valence-electron chi connectivity index (χ1n) is 6.64. The van der Waals surface area contributed by atoms with Crippen molar-refractivity contribution < 1.29 is 0 Å². The third-order valence-electron chi connectivity index (χ3n) is 5.22. The smallest absolute Gasteiger partial charge is 0.0624 e. The van der Waals surface area contributed by atoms with Crippen molar-refractivity contribution in [3.63, 3.8) is 0 Å². The van der Waals surface area contributed by atoms with Crippen molar-refractivity contribution in [3.05, 3.63) is 12.2 Å². The predicted molar refractivity (Wildman–Crippen MR) is 66.7 cm³/mol. The second-order valence-electron chi connectivity index (χ2n) is 6.09. The maximum absolute atomic E-state index is 8.86. The van der Waals surface area contributed by atoms with Crippen molar-refractivity contribution >= 4 is 0 Å². The molecule has 2 aliphatic carbocycles. The van der Waals surface area contributed by atoms with Crippen molar-refractivity contribution in [1.82, 2.24) is 0 Å². The molecule has 0 amide bonds. The van der Waals surface area contributed by atoms with Gasteiger partial charge in [-0.3, -0.25) is 0 Å². The molecule has 0 bridgehead atoms. The van der Waals surface area contributed by atoms with Crippen LogP contribution in [0.2, 0.25) is 0 Å². The molecular weight excluding hydrogens is 194 g/mol. The lowest BCUT2D eigenvalue weighted by Gasteiger charge is -2.43. The molecule has 0 radical (unpaired) electrons. The Morgan fingerprint density at radius 2 is 2.31 bits per heavy atom. The highest BCUT2D eigenvalue weighted by Crippen LogP contribution is 2.59. The average Bonchev–Trinajstić information content (AvgIpc) is 2.57. The van der Waals surface area contributed by atoms with Crippen LogP contribution in [-0.2, 0) is 0 Å². The first-order valence-corrected chi connectivity index (χ1v) is 6.64. The van der Waals surface area contributed by atoms with Gasteiger partial charge in [0.2, 0.25) is 0 Å². The molecule has 0 aliphatic heterocycles. The maximum atomic E-state index is 8.86. The minimum absolute atomic E-state index is 0.450. The Bertz CT molecular complexity index is 325. The summed E-state index contributed by atoms with van der Waals surface area (Å²) >= 11 is 0. The molecule has 0 spiro atoms. The van der Waals surface area contributed by atoms with Crippen LogP contribution in [0.4, 0.5) is 0 Å². The van der Waals surface area contributed by atoms with Gasteiger partial charge in [-0.2, -0.15) is 5.26 Å². The number of nitriles is 1. The van der Waals surface area contributed by atoms with Crippen LogP contribution in [0.25, 0.3) is 0 Å². The summed E-state index contributed by atoms with van der Waals surface area (Å²) in [6.07, 6.45) is 7.23. The van der Waals surface area contributed by atoms with Crippen LogP contribution < -0.4 is 0 Å². The van der Waals surface area contributed by atoms with Crippen molar-refractivity contribution in [2.75, 3.05) is 0 Å². The van der Waals surface area contributed by atoms with Gasteiger partial charge >= 0.3 is 0 Å². The normalized spacial score (nSPS) is 40.2. The van der Waals surface area contributed by atoms with Crippen molar-refractivity contribution in [2.45, 2.75) is 52.4 Å². The largest absolute Gasteiger partial charge is 0.198 e. The van der Waals surface area contributed by atoms with Crippen LogP contribution in [0, 0.1) is 34.5 Å². The fraction of sp³-hybridized carbons (Fsp3) is 0.800. The number of hydrogen-bond donors (Lipinski definition) is 0. The van der Waals surface area contributed by atoms with Gasteiger partial charge in [0.25, 0.3) is 0 Å². The van der Waals surface area contributed by atoms with Gasteiger partial charge in [-0.15, -0.1) is 0 Å². The van der Waals surface area contributed by atoms with E-state index in [-0.39, 0.29) is 0 Å². The monoisotopic (exact) mass is 217 g/mol. The van der Waals surface area contributed by atoms with Gasteiger partial charge in [-0.05, 0) is 55.3 Å². The third kappa shape index (κ3) is 1.69. The lowest BCUT2D eigenvalue weighted by molar-refractivity contribution is 0.0994. The molecule has 0 heterocycles. The highest BCUT2D eigenvalue weighted by molar-refractivity contribution is 5.15. The van der Waals surface area contributed by atoms with Gasteiger partial charge in [-0.1, -0.05) is 26.0 Å². The van der Waals surface area contributed by atoms with Gasteiger partial charge in [0, 0.05) is 6.42 Å². The molecule has 1 heteroatoms. The van der Waals surface area contributed by atoms with E-state index in [9.17, 15) is 0 Å². The minimum atomic E-state index is 0.450. The molecule has 0 aromatic rings. The number of rotatable bonds is 2. The van der Waals surface area contributed by atoms with Crippen molar-refractivity contribution in [2.24, 2.45) is 23.2 Å². The van der Waals surface area contributed by atoms with Crippen LogP contribution in [0.15, 0.2) is 12.2 Å². The zero-order chi connectivity index (χ0) is 11.8. The van der Waals surface area contributed by atoms with Crippen LogP contribution in [-0.4, -0.2) is 0 Å². The molecular formula is C15H23N. The predicted octanol–water partition coefficient (Wildman–Crippen LogP) is 4.31. The Labute approximate surface area is 99.5 Å². The lowest BCUT2D eigenvalue weighted by Crippen LogP contribution is -2.35. The van der Waals surface area contributed by atoms with Gasteiger partial charge < -0.3 is 0 Å². The van der Waals surface area contributed by atoms with Gasteiger partial charge in [0.05, 0.1) is 6.07 Å². The summed E-state index contributed by atoms with van der Waals surface area (Å²) in [7, 11) is 0. The van der Waals surface area contributed by atoms with E-state index in [1.54, 1.807) is 0 Å². The molecule has 2 fully saturated rings. The zero-order valence-corrected chi connectivity index (χ0v) is 10.6. The Morgan fingerprint density at radius 3 is 3.00 bits per heavy atom. The Hall–Kier alpha value is -0.770. The first kappa shape index (κ1) is 11.7. The van der Waals surface area contributed by atoms with Crippen LogP contribution in [0.1, 0.15) is 52.4 Å². The summed E-state index contributed by atoms with van der Waals surface area (Å²) < 4.78 is 0. The molecule has 0 unspecified atom stereocenters. The van der Waals surface area contributed by atoms with E-state index in [0.717, 1.165) is 18.3 Å². The van der Waals surface area contributed by atoms with E-state index in [1.165, 1.54) is 37.7 Å². The molecule has 2 rings (SSSR count). The van der Waals surface area contributed by atoms with Crippen LogP contribution in [0.5, 0.6) is 0 Å². The Morgan fingerprint density at radius 1 is 1.56 bits per heavy atom. The van der Waals surface area contributed by atoms with E-state index in [0.29, 0.717) is 11.3 Å². The highest BCUT2D eigenvalue weighted by atomic mass is 14.5. The summed E-state index contributed by atoms with van der Waals surface area (Å²) in [5, 5.41) is 8.86. The van der Waals surface area contributed by atoms with Gasteiger partial charge in [-0.25, -0.2) is 0 Å². The molecule has 0 aromatic heterocycles. The number of fused-ring (bicyclic) bond motifs is 1. The summed E-state index contributed by atoms with van der Waals surface area (Å²) in [4.78, 5) is 0. The first-order chi connectivity index (χ1) is 7.59. The standard InChI is InChI=1S/C15H23N/c1-11-5-4-9-15(3)13(11)6-7-14(15)12(2)8-10-16/h12-14H,1,4-9H2,2-3H3/t12-,13+,14-,15+/m1/s1. The Kier molecular flexibility index (Phi) is 3.10. The minimum Gasteiger partial charge on any atom is -0.198 e. The fourth-order valence-electron chi connectivity index (χ4n) is 4.39. The third-order valence-corrected chi connectivity index (χ3v) is 5.22. The van der Waals surface area contributed by atoms with Crippen LogP contribution in [0.3, 0.4) is 0 Å². The molecule has 2 aliphatic rings. The molecule has 88 valence electrons. The van der Waals surface area contributed by atoms with Gasteiger partial charge in [0.1, 0.15) is 0 Å². The Balaban J connectivity index is 2.18. The van der Waals surface area contributed by atoms with E-state index in [4.69, 9.17) is 5.26 Å². The molecule has 16 heavy (non-hydrogen) atoms. The fourth-order valence-corrected chi connectivity index (χ4v) is 4.39. The zero-order valence-electron chi connectivity index (χ0n) is 10.6. The topological polar surface area (TPSA) is 23.8 Å². The second kappa shape index (κ2) is 4.24. The number of allylic oxidation sites excluding steroid dienone is 1. The van der Waals surface area contributed by atoms with Crippen molar-refractivity contribution in [1.29, 1.82) is 5.26 Å². The SMILES string of the molecule is C=C1CCC[C@]2(C)[C@@H]([C@H](C)CC#N)CC[C@@H]12. The summed E-state index contributed by atoms with van der Waals surface area (Å²) in [5.74, 6) is 2.05. The average molecular weight is 217 g/mol. The molecule has 0 N–H and O–H groups in total. The summed E-state index contributed by atoms with van der Waals surface area (Å²) in [6.45, 7) is 8.99. The molecule has 0 saturated heterocycles. The van der Waals surface area contributed by atoms with Crippen LogP contribution >= 0.6 is 0 Å². The molecule has 0 aromatic carbocycles. The highest BCUT2D eigenvalue weighted by Gasteiger charge is 2.50. The number of nitrogens with zero attached hydrogens (tertiary/aromatic N) is 1. The molecule has 1 nitrogen and oxygen atoms in total. The lowest BCUT2D eigenvalue weighted by atomic mass is 9.61. The number of hydrogen-bond acceptors (Lipinski definition) is 1. The quantitative estimate of drug-likeness (QED) is 0.632. The van der Waals surface area contributed by atoms with E-state index >= 15 is 0 Å². The van der Waals surface area contributed by atoms with E-state index < -0.39 is 0 Å². The second-order valence-corrected chi connectivity index (χ2v) is 6.09. The van der Waals surface area contributed by atoms with E-state index in [2.05, 4.69) is 26.5 Å². The molecule has 4 atom stereocenters. The maximum Gasteiger partial charge on any atom is 0.0624 e. The molecule has 2 saturated carbocycles. The summed E-state index contributed by atoms with van der Waals surface area (Å²) in [6, 6.07) is 2.35. The van der Waals surface area contributed by atoms with Gasteiger partial charge in [0.15, 0.2) is 0 Å². The van der Waals surface area contributed by atoms with Crippen molar-refractivity contribution in [3.8, 4) is 6.07 Å². The van der Waals surface area contributed by atoms with E-state index in [1.807, 2.05) is 0 Å². The summed E-state index contributed by atoms with van der Waals surface area (Å²) in [5.41, 5.74) is 1.94.